The molecule has 34 heavy (non-hydrogen) atoms. The second-order valence-corrected chi connectivity index (χ2v) is 8.85. The second kappa shape index (κ2) is 14.5. The van der Waals surface area contributed by atoms with Crippen molar-refractivity contribution in [3.63, 3.8) is 0 Å². The van der Waals surface area contributed by atoms with Gasteiger partial charge < -0.3 is 0 Å². The fourth-order valence-electron chi connectivity index (χ4n) is 3.17. The number of unbranched alkanes of at least 4 members (excludes halogenated alkanes) is 4. The fraction of sp³-hybridized carbons (Fsp3) is 0.429. The number of hydrogen-bond acceptors (Lipinski definition) is 6. The summed E-state index contributed by atoms with van der Waals surface area (Å²) < 4.78 is 0. The Morgan fingerprint density at radius 1 is 0.647 bits per heavy atom. The zero-order chi connectivity index (χ0) is 24.9. The quantitative estimate of drug-likeness (QED) is 0.163. The molecule has 0 saturated heterocycles. The molecule has 0 spiro atoms. The predicted molar refractivity (Wildman–Crippen MR) is 130 cm³/mol. The van der Waals surface area contributed by atoms with Crippen molar-refractivity contribution in [2.75, 3.05) is 0 Å². The lowest BCUT2D eigenvalue weighted by molar-refractivity contribution is -0.363. The fourth-order valence-corrected chi connectivity index (χ4v) is 3.17. The largest absolute Gasteiger partial charge is 0.373 e. The van der Waals surface area contributed by atoms with Crippen molar-refractivity contribution in [3.8, 4) is 0 Å². The molecule has 0 heterocycles. The first-order valence-corrected chi connectivity index (χ1v) is 11.9. The van der Waals surface area contributed by atoms with Gasteiger partial charge in [-0.25, -0.2) is 9.59 Å². The third-order valence-electron chi connectivity index (χ3n) is 5.43. The maximum Gasteiger partial charge on any atom is 0.373 e. The minimum Gasteiger partial charge on any atom is -0.289 e. The molecule has 0 N–H and O–H groups in total. The summed E-state index contributed by atoms with van der Waals surface area (Å²) in [6.45, 7) is 12.1. The van der Waals surface area contributed by atoms with Crippen molar-refractivity contribution < 1.29 is 29.1 Å². The van der Waals surface area contributed by atoms with Crippen LogP contribution in [-0.2, 0) is 19.6 Å². The Kier molecular flexibility index (Phi) is 11.8. The minimum absolute atomic E-state index is 0.0890. The molecule has 6 heteroatoms. The van der Waals surface area contributed by atoms with Crippen LogP contribution in [0.4, 0.5) is 0 Å². The lowest BCUT2D eigenvalue weighted by Crippen LogP contribution is -2.16. The Morgan fingerprint density at radius 2 is 1.06 bits per heavy atom. The Morgan fingerprint density at radius 3 is 1.44 bits per heavy atom. The van der Waals surface area contributed by atoms with Crippen LogP contribution in [0.15, 0.2) is 48.5 Å². The molecule has 184 valence electrons. The van der Waals surface area contributed by atoms with Crippen molar-refractivity contribution >= 4 is 11.9 Å². The van der Waals surface area contributed by atoms with Gasteiger partial charge in [-0.2, -0.15) is 0 Å². The van der Waals surface area contributed by atoms with E-state index in [2.05, 4.69) is 34.6 Å². The molecule has 6 nitrogen and oxygen atoms in total. The molecule has 0 bridgehead atoms. The van der Waals surface area contributed by atoms with Gasteiger partial charge in [-0.15, -0.1) is 9.78 Å². The molecule has 2 rings (SSSR count). The van der Waals surface area contributed by atoms with Gasteiger partial charge >= 0.3 is 18.2 Å². The van der Waals surface area contributed by atoms with Crippen LogP contribution in [0.25, 0.3) is 0 Å². The van der Waals surface area contributed by atoms with Crippen LogP contribution in [0, 0.1) is 13.2 Å². The topological polar surface area (TPSA) is 71.1 Å². The van der Waals surface area contributed by atoms with E-state index in [0.717, 1.165) is 43.2 Å². The van der Waals surface area contributed by atoms with Crippen molar-refractivity contribution in [3.05, 3.63) is 84.0 Å². The highest BCUT2D eigenvalue weighted by Crippen LogP contribution is 2.21. The van der Waals surface area contributed by atoms with Gasteiger partial charge in [-0.05, 0) is 53.6 Å². The summed E-state index contributed by atoms with van der Waals surface area (Å²) in [7, 11) is 0. The van der Waals surface area contributed by atoms with Gasteiger partial charge in [-0.1, -0.05) is 84.6 Å². The van der Waals surface area contributed by atoms with E-state index >= 15 is 0 Å². The zero-order valence-electron chi connectivity index (χ0n) is 20.7. The SMILES string of the molecule is [CH2]CCCCCC[C](OOC(=O)c1ccc(C(C)C)cc1)OOC(=O)c1ccc(C(C)C)cc1. The molecule has 0 aromatic heterocycles. The monoisotopic (exact) mass is 468 g/mol. The molecule has 0 saturated carbocycles. The third-order valence-corrected chi connectivity index (χ3v) is 5.43. The summed E-state index contributed by atoms with van der Waals surface area (Å²) in [5, 5.41) is 0. The van der Waals surface area contributed by atoms with Crippen molar-refractivity contribution in [2.24, 2.45) is 0 Å². The molecular weight excluding hydrogens is 432 g/mol. The second-order valence-electron chi connectivity index (χ2n) is 8.85. The Hall–Kier alpha value is -2.70. The molecule has 0 aliphatic rings. The highest BCUT2D eigenvalue weighted by molar-refractivity contribution is 5.89. The molecule has 0 amide bonds. The summed E-state index contributed by atoms with van der Waals surface area (Å²) >= 11 is 0. The standard InChI is InChI=1S/C28H36O6/c1-6-7-8-9-10-11-26(31-33-27(29)24-16-12-22(13-17-24)20(2)3)32-34-28(30)25-18-14-23(15-19-25)21(4)5/h12-21H,1,6-11H2,2-5H3. The van der Waals surface area contributed by atoms with Gasteiger partial charge in [-0.3, -0.25) is 9.78 Å². The predicted octanol–water partition coefficient (Wildman–Crippen LogP) is 7.47. The van der Waals surface area contributed by atoms with Crippen LogP contribution in [-0.4, -0.2) is 11.9 Å². The number of benzene rings is 2. The smallest absolute Gasteiger partial charge is 0.289 e. The average molecular weight is 469 g/mol. The van der Waals surface area contributed by atoms with Crippen LogP contribution in [0.2, 0.25) is 0 Å². The Bertz CT molecular complexity index is 803. The number of carbonyl (C=O) groups is 2. The Labute approximate surface area is 203 Å². The normalized spacial score (nSPS) is 11.3. The zero-order valence-corrected chi connectivity index (χ0v) is 20.7. The van der Waals surface area contributed by atoms with E-state index < -0.39 is 11.9 Å². The van der Waals surface area contributed by atoms with E-state index in [1.54, 1.807) is 24.3 Å². The molecule has 0 aliphatic heterocycles. The summed E-state index contributed by atoms with van der Waals surface area (Å²) in [5.74, 6) is -0.614. The van der Waals surface area contributed by atoms with Gasteiger partial charge in [0.25, 0.3) is 0 Å². The molecule has 2 radical (unpaired) electrons. The molecule has 2 aromatic carbocycles. The molecular formula is C28H36O6. The van der Waals surface area contributed by atoms with Crippen molar-refractivity contribution in [1.29, 1.82) is 0 Å². The van der Waals surface area contributed by atoms with E-state index in [1.165, 1.54) is 0 Å². The molecule has 0 unspecified atom stereocenters. The summed E-state index contributed by atoms with van der Waals surface area (Å²) in [6, 6.07) is 14.2. The first kappa shape index (κ1) is 27.5. The summed E-state index contributed by atoms with van der Waals surface area (Å²) in [5.41, 5.74) is 2.93. The maximum atomic E-state index is 12.4. The first-order chi connectivity index (χ1) is 16.3. The maximum absolute atomic E-state index is 12.4. The summed E-state index contributed by atoms with van der Waals surface area (Å²) in [6.07, 6.45) is 4.78. The van der Waals surface area contributed by atoms with Crippen molar-refractivity contribution in [1.82, 2.24) is 0 Å². The van der Waals surface area contributed by atoms with Crippen LogP contribution < -0.4 is 0 Å². The summed E-state index contributed by atoms with van der Waals surface area (Å²) in [4.78, 5) is 44.9. The lowest BCUT2D eigenvalue weighted by Gasteiger charge is -2.14. The average Bonchev–Trinajstić information content (AvgIpc) is 2.84. The highest BCUT2D eigenvalue weighted by atomic mass is 17.3. The lowest BCUT2D eigenvalue weighted by atomic mass is 10.0. The van der Waals surface area contributed by atoms with Gasteiger partial charge in [0.05, 0.1) is 11.1 Å². The van der Waals surface area contributed by atoms with Crippen LogP contribution in [0.5, 0.6) is 0 Å². The van der Waals surface area contributed by atoms with E-state index in [9.17, 15) is 9.59 Å². The number of hydrogen-bond donors (Lipinski definition) is 0. The van der Waals surface area contributed by atoms with E-state index in [0.29, 0.717) is 29.4 Å². The van der Waals surface area contributed by atoms with Gasteiger partial charge in [0, 0.05) is 6.42 Å². The highest BCUT2D eigenvalue weighted by Gasteiger charge is 2.21. The van der Waals surface area contributed by atoms with E-state index in [-0.39, 0.29) is 6.29 Å². The third kappa shape index (κ3) is 9.27. The van der Waals surface area contributed by atoms with E-state index in [4.69, 9.17) is 19.6 Å². The van der Waals surface area contributed by atoms with Gasteiger partial charge in [0.1, 0.15) is 0 Å². The van der Waals surface area contributed by atoms with E-state index in [1.807, 2.05) is 24.3 Å². The van der Waals surface area contributed by atoms with Gasteiger partial charge in [0.2, 0.25) is 0 Å². The van der Waals surface area contributed by atoms with Crippen LogP contribution in [0.3, 0.4) is 0 Å². The van der Waals surface area contributed by atoms with Crippen LogP contribution >= 0.6 is 0 Å². The van der Waals surface area contributed by atoms with Gasteiger partial charge in [0.15, 0.2) is 0 Å². The molecule has 2 aromatic rings. The molecule has 0 fully saturated rings. The minimum atomic E-state index is -0.663. The first-order valence-electron chi connectivity index (χ1n) is 11.9. The number of carbonyl (C=O) groups excluding carboxylic acids is 2. The number of rotatable bonds is 14. The van der Waals surface area contributed by atoms with Crippen molar-refractivity contribution in [2.45, 2.75) is 78.1 Å². The Balaban J connectivity index is 1.92. The molecule has 0 atom stereocenters. The molecule has 0 aliphatic carbocycles. The van der Waals surface area contributed by atoms with Crippen LogP contribution in [0.1, 0.15) is 110 Å².